The second kappa shape index (κ2) is 9.03. The predicted molar refractivity (Wildman–Crippen MR) is 106 cm³/mol. The van der Waals surface area contributed by atoms with Crippen LogP contribution in [0.25, 0.3) is 5.57 Å². The van der Waals surface area contributed by atoms with E-state index in [4.69, 9.17) is 14.2 Å². The molecule has 0 aliphatic heterocycles. The van der Waals surface area contributed by atoms with Gasteiger partial charge in [-0.1, -0.05) is 18.2 Å². The fourth-order valence-corrected chi connectivity index (χ4v) is 3.02. The van der Waals surface area contributed by atoms with Crippen molar-refractivity contribution in [2.75, 3.05) is 26.6 Å². The highest BCUT2D eigenvalue weighted by molar-refractivity contribution is 5.92. The van der Waals surface area contributed by atoms with Crippen molar-refractivity contribution in [3.63, 3.8) is 0 Å². The van der Waals surface area contributed by atoms with Gasteiger partial charge < -0.3 is 19.5 Å². The Labute approximate surface area is 164 Å². The summed E-state index contributed by atoms with van der Waals surface area (Å²) < 4.78 is 16.0. The van der Waals surface area contributed by atoms with Crippen LogP contribution in [0.15, 0.2) is 48.5 Å². The van der Waals surface area contributed by atoms with Gasteiger partial charge in [-0.05, 0) is 24.1 Å². The molecule has 0 radical (unpaired) electrons. The van der Waals surface area contributed by atoms with E-state index in [9.17, 15) is 4.79 Å². The van der Waals surface area contributed by atoms with E-state index in [0.717, 1.165) is 29.7 Å². The number of aromatic nitrogens is 2. The first-order chi connectivity index (χ1) is 13.6. The minimum Gasteiger partial charge on any atom is -0.500 e. The maximum atomic E-state index is 12.4. The van der Waals surface area contributed by atoms with Gasteiger partial charge in [0.1, 0.15) is 17.9 Å². The van der Waals surface area contributed by atoms with E-state index in [1.165, 1.54) is 6.33 Å². The summed E-state index contributed by atoms with van der Waals surface area (Å²) >= 11 is 0. The predicted octanol–water partition coefficient (Wildman–Crippen LogP) is 3.38. The topological polar surface area (TPSA) is 82.6 Å². The third-order valence-electron chi connectivity index (χ3n) is 4.39. The Kier molecular flexibility index (Phi) is 6.26. The Hall–Kier alpha value is -3.35. The Bertz CT molecular complexity index is 922. The van der Waals surface area contributed by atoms with Crippen LogP contribution < -0.4 is 14.8 Å². The van der Waals surface area contributed by atoms with Crippen LogP contribution in [0.1, 0.15) is 24.1 Å². The quantitative estimate of drug-likeness (QED) is 0.792. The third-order valence-corrected chi connectivity index (χ3v) is 4.39. The zero-order valence-electron chi connectivity index (χ0n) is 16.2. The fraction of sp³-hybridized carbons (Fsp3) is 0.286. The summed E-state index contributed by atoms with van der Waals surface area (Å²) in [5.74, 6) is 2.34. The number of allylic oxidation sites excluding steroid dienone is 4. The fourth-order valence-electron chi connectivity index (χ4n) is 3.02. The van der Waals surface area contributed by atoms with Crippen molar-refractivity contribution in [2.45, 2.75) is 19.3 Å². The van der Waals surface area contributed by atoms with E-state index in [2.05, 4.69) is 21.4 Å². The third kappa shape index (κ3) is 4.49. The van der Waals surface area contributed by atoms with E-state index < -0.39 is 0 Å². The number of benzene rings is 1. The molecule has 1 amide bonds. The second-order valence-corrected chi connectivity index (χ2v) is 6.18. The first kappa shape index (κ1) is 19.4. The highest BCUT2D eigenvalue weighted by Gasteiger charge is 2.14. The van der Waals surface area contributed by atoms with Crippen LogP contribution in [0.3, 0.4) is 0 Å². The molecule has 7 nitrogen and oxygen atoms in total. The van der Waals surface area contributed by atoms with Gasteiger partial charge in [0.2, 0.25) is 5.91 Å². The summed E-state index contributed by atoms with van der Waals surface area (Å²) in [5, 5.41) is 2.82. The summed E-state index contributed by atoms with van der Waals surface area (Å²) in [7, 11) is 4.79. The van der Waals surface area contributed by atoms with Crippen molar-refractivity contribution in [3.05, 3.63) is 59.8 Å². The van der Waals surface area contributed by atoms with Crippen LogP contribution in [0.5, 0.6) is 11.5 Å². The number of hydrogen-bond donors (Lipinski definition) is 1. The Balaban J connectivity index is 1.73. The summed E-state index contributed by atoms with van der Waals surface area (Å²) in [6, 6.07) is 7.13. The van der Waals surface area contributed by atoms with Crippen molar-refractivity contribution >= 4 is 17.3 Å². The van der Waals surface area contributed by atoms with E-state index >= 15 is 0 Å². The lowest BCUT2D eigenvalue weighted by Gasteiger charge is -2.14. The van der Waals surface area contributed by atoms with Crippen LogP contribution in [0.2, 0.25) is 0 Å². The number of nitrogens with one attached hydrogen (secondary N) is 1. The van der Waals surface area contributed by atoms with Crippen molar-refractivity contribution in [3.8, 4) is 11.5 Å². The van der Waals surface area contributed by atoms with Crippen LogP contribution in [-0.2, 0) is 16.0 Å². The molecule has 2 aromatic rings. The largest absolute Gasteiger partial charge is 0.500 e. The van der Waals surface area contributed by atoms with Crippen molar-refractivity contribution in [2.24, 2.45) is 0 Å². The number of carbonyl (C=O) groups is 1. The summed E-state index contributed by atoms with van der Waals surface area (Å²) in [5.41, 5.74) is 2.43. The molecule has 0 spiro atoms. The first-order valence-corrected chi connectivity index (χ1v) is 8.91. The minimum absolute atomic E-state index is 0.183. The highest BCUT2D eigenvalue weighted by atomic mass is 16.5. The van der Waals surface area contributed by atoms with Crippen molar-refractivity contribution in [1.82, 2.24) is 9.97 Å². The van der Waals surface area contributed by atoms with E-state index in [1.54, 1.807) is 39.5 Å². The molecule has 7 heteroatoms. The van der Waals surface area contributed by atoms with E-state index in [0.29, 0.717) is 23.0 Å². The first-order valence-electron chi connectivity index (χ1n) is 8.91. The van der Waals surface area contributed by atoms with Crippen LogP contribution in [-0.4, -0.2) is 37.2 Å². The van der Waals surface area contributed by atoms with Crippen LogP contribution in [0, 0.1) is 0 Å². The summed E-state index contributed by atoms with van der Waals surface area (Å²) in [6.07, 6.45) is 7.45. The zero-order chi connectivity index (χ0) is 19.9. The standard InChI is InChI=1S/C21H23N3O4/c1-26-17-7-5-4-6-15(17)16-12-20(23-13-22-16)24-21(25)11-14-8-9-18(27-2)19(10-14)28-3/h4,6,8-10,12-13H,5,7,11H2,1-3H3,(H,22,23,24,25). The van der Waals surface area contributed by atoms with E-state index in [1.807, 2.05) is 12.1 Å². The molecule has 0 saturated carbocycles. The molecule has 1 aliphatic carbocycles. The lowest BCUT2D eigenvalue weighted by Crippen LogP contribution is -2.16. The number of nitrogens with zero attached hydrogens (tertiary/aromatic N) is 2. The van der Waals surface area contributed by atoms with Gasteiger partial charge in [-0.3, -0.25) is 4.79 Å². The smallest absolute Gasteiger partial charge is 0.229 e. The molecule has 1 N–H and O–H groups in total. The molecular weight excluding hydrogens is 358 g/mol. The van der Waals surface area contributed by atoms with Gasteiger partial charge in [-0.25, -0.2) is 9.97 Å². The van der Waals surface area contributed by atoms with Gasteiger partial charge in [0, 0.05) is 18.1 Å². The van der Waals surface area contributed by atoms with Crippen LogP contribution >= 0.6 is 0 Å². The number of hydrogen-bond acceptors (Lipinski definition) is 6. The molecule has 3 rings (SSSR count). The maximum Gasteiger partial charge on any atom is 0.229 e. The lowest BCUT2D eigenvalue weighted by molar-refractivity contribution is -0.115. The molecule has 0 fully saturated rings. The molecule has 1 heterocycles. The molecule has 1 aliphatic rings. The number of methoxy groups -OCH3 is 3. The number of amides is 1. The van der Waals surface area contributed by atoms with Gasteiger partial charge in [0.15, 0.2) is 11.5 Å². The second-order valence-electron chi connectivity index (χ2n) is 6.18. The maximum absolute atomic E-state index is 12.4. The Morgan fingerprint density at radius 2 is 1.89 bits per heavy atom. The molecule has 0 bridgehead atoms. The molecule has 28 heavy (non-hydrogen) atoms. The molecule has 0 unspecified atom stereocenters. The molecular formula is C21H23N3O4. The molecule has 1 aromatic heterocycles. The SMILES string of the molecule is COC1=C(c2cc(NC(=O)Cc3ccc(OC)c(OC)c3)ncn2)C=CCC1. The summed E-state index contributed by atoms with van der Waals surface area (Å²) in [4.78, 5) is 20.9. The monoisotopic (exact) mass is 381 g/mol. The molecule has 1 aromatic carbocycles. The van der Waals surface area contributed by atoms with Gasteiger partial charge in [0.25, 0.3) is 0 Å². The van der Waals surface area contributed by atoms with Crippen LogP contribution in [0.4, 0.5) is 5.82 Å². The van der Waals surface area contributed by atoms with Crippen molar-refractivity contribution in [1.29, 1.82) is 0 Å². The minimum atomic E-state index is -0.183. The normalized spacial score (nSPS) is 13.2. The number of ether oxygens (including phenoxy) is 3. The molecule has 0 atom stereocenters. The van der Waals surface area contributed by atoms with Gasteiger partial charge in [-0.2, -0.15) is 0 Å². The van der Waals surface area contributed by atoms with E-state index in [-0.39, 0.29) is 12.3 Å². The number of carbonyl (C=O) groups excluding carboxylic acids is 1. The van der Waals surface area contributed by atoms with Crippen molar-refractivity contribution < 1.29 is 19.0 Å². The van der Waals surface area contributed by atoms with Gasteiger partial charge in [0.05, 0.1) is 33.4 Å². The summed E-state index contributed by atoms with van der Waals surface area (Å²) in [6.45, 7) is 0. The Morgan fingerprint density at radius 3 is 2.64 bits per heavy atom. The Morgan fingerprint density at radius 1 is 1.07 bits per heavy atom. The number of rotatable bonds is 7. The lowest BCUT2D eigenvalue weighted by atomic mass is 10.0. The highest BCUT2D eigenvalue weighted by Crippen LogP contribution is 2.29. The number of anilines is 1. The molecule has 146 valence electrons. The molecule has 0 saturated heterocycles. The average molecular weight is 381 g/mol. The van der Waals surface area contributed by atoms with Gasteiger partial charge >= 0.3 is 0 Å². The van der Waals surface area contributed by atoms with Gasteiger partial charge in [-0.15, -0.1) is 0 Å². The average Bonchev–Trinajstić information content (AvgIpc) is 2.73. The zero-order valence-corrected chi connectivity index (χ0v) is 16.2.